The number of aryl methyl sites for hydroxylation is 1. The van der Waals surface area contributed by atoms with Crippen molar-refractivity contribution in [3.63, 3.8) is 0 Å². The van der Waals surface area contributed by atoms with Gasteiger partial charge in [0.15, 0.2) is 6.61 Å². The Hall–Kier alpha value is -3.91. The van der Waals surface area contributed by atoms with Gasteiger partial charge in [0.1, 0.15) is 0 Å². The highest BCUT2D eigenvalue weighted by Gasteiger charge is 2.17. The summed E-state index contributed by atoms with van der Waals surface area (Å²) in [5.74, 6) is -0.945. The first-order chi connectivity index (χ1) is 15.1. The van der Waals surface area contributed by atoms with E-state index in [2.05, 4.69) is 23.5 Å². The lowest BCUT2D eigenvalue weighted by Gasteiger charge is -2.15. The third-order valence-electron chi connectivity index (χ3n) is 4.94. The fourth-order valence-electron chi connectivity index (χ4n) is 3.34. The van der Waals surface area contributed by atoms with Gasteiger partial charge in [-0.25, -0.2) is 4.79 Å². The topological polar surface area (TPSA) is 79.2 Å². The van der Waals surface area contributed by atoms with E-state index < -0.39 is 5.97 Å². The number of hydrogen-bond donors (Lipinski definition) is 1. The lowest BCUT2D eigenvalue weighted by atomic mass is 9.96. The lowest BCUT2D eigenvalue weighted by molar-refractivity contribution is -0.124. The molecule has 3 aromatic rings. The SMILES string of the molecule is C[C@@H](CCc1ccccc1)NC(=O)COC(=O)c1ccccc1-c1ccccc1C#N. The molecular formula is C26H24N2O3. The molecule has 0 unspecified atom stereocenters. The van der Waals surface area contributed by atoms with E-state index in [-0.39, 0.29) is 18.6 Å². The molecule has 3 rings (SSSR count). The first kappa shape index (κ1) is 21.8. The summed E-state index contributed by atoms with van der Waals surface area (Å²) in [7, 11) is 0. The normalized spacial score (nSPS) is 11.2. The van der Waals surface area contributed by atoms with Gasteiger partial charge in [-0.1, -0.05) is 66.7 Å². The molecule has 5 heteroatoms. The zero-order valence-electron chi connectivity index (χ0n) is 17.4. The van der Waals surface area contributed by atoms with Crippen LogP contribution in [0.25, 0.3) is 11.1 Å². The smallest absolute Gasteiger partial charge is 0.339 e. The van der Waals surface area contributed by atoms with Crippen molar-refractivity contribution in [2.24, 2.45) is 0 Å². The Labute approximate surface area is 182 Å². The van der Waals surface area contributed by atoms with Crippen molar-refractivity contribution < 1.29 is 14.3 Å². The second kappa shape index (κ2) is 10.7. The Morgan fingerprint density at radius 3 is 2.32 bits per heavy atom. The number of nitriles is 1. The van der Waals surface area contributed by atoms with E-state index in [1.54, 1.807) is 42.5 Å². The van der Waals surface area contributed by atoms with Crippen LogP contribution >= 0.6 is 0 Å². The average molecular weight is 412 g/mol. The second-order valence-electron chi connectivity index (χ2n) is 7.27. The Morgan fingerprint density at radius 1 is 0.935 bits per heavy atom. The van der Waals surface area contributed by atoms with Crippen LogP contribution in [0.3, 0.4) is 0 Å². The maximum absolute atomic E-state index is 12.7. The molecule has 0 aliphatic carbocycles. The molecule has 3 aromatic carbocycles. The van der Waals surface area contributed by atoms with Crippen molar-refractivity contribution in [2.75, 3.05) is 6.61 Å². The summed E-state index contributed by atoms with van der Waals surface area (Å²) in [4.78, 5) is 24.9. The van der Waals surface area contributed by atoms with Gasteiger partial charge in [0.2, 0.25) is 0 Å². The number of nitrogens with one attached hydrogen (secondary N) is 1. The van der Waals surface area contributed by atoms with Gasteiger partial charge < -0.3 is 10.1 Å². The third-order valence-corrected chi connectivity index (χ3v) is 4.94. The molecule has 1 amide bonds. The van der Waals surface area contributed by atoms with Crippen molar-refractivity contribution in [3.8, 4) is 17.2 Å². The molecule has 0 fully saturated rings. The number of esters is 1. The molecule has 0 radical (unpaired) electrons. The van der Waals surface area contributed by atoms with Crippen molar-refractivity contribution in [2.45, 2.75) is 25.8 Å². The van der Waals surface area contributed by atoms with E-state index >= 15 is 0 Å². The molecule has 156 valence electrons. The summed E-state index contributed by atoms with van der Waals surface area (Å²) in [6.45, 7) is 1.57. The summed E-state index contributed by atoms with van der Waals surface area (Å²) in [5, 5.41) is 12.2. The van der Waals surface area contributed by atoms with E-state index in [9.17, 15) is 14.9 Å². The summed E-state index contributed by atoms with van der Waals surface area (Å²) >= 11 is 0. The number of ether oxygens (including phenoxy) is 1. The van der Waals surface area contributed by atoms with Crippen molar-refractivity contribution in [1.82, 2.24) is 5.32 Å². The minimum Gasteiger partial charge on any atom is -0.452 e. The highest BCUT2D eigenvalue weighted by atomic mass is 16.5. The minimum atomic E-state index is -0.601. The number of carbonyl (C=O) groups is 2. The van der Waals surface area contributed by atoms with Crippen LogP contribution in [0.1, 0.15) is 34.8 Å². The van der Waals surface area contributed by atoms with Gasteiger partial charge in [-0.05, 0) is 43.0 Å². The zero-order chi connectivity index (χ0) is 22.1. The molecule has 5 nitrogen and oxygen atoms in total. The van der Waals surface area contributed by atoms with Crippen LogP contribution in [0.15, 0.2) is 78.9 Å². The molecule has 0 aliphatic rings. The predicted octanol–water partition coefficient (Wildman–Crippen LogP) is 4.52. The van der Waals surface area contributed by atoms with Crippen LogP contribution < -0.4 is 5.32 Å². The first-order valence-electron chi connectivity index (χ1n) is 10.2. The molecule has 0 heterocycles. The van der Waals surface area contributed by atoms with Crippen LogP contribution in [0.2, 0.25) is 0 Å². The molecule has 0 saturated carbocycles. The number of hydrogen-bond acceptors (Lipinski definition) is 4. The van der Waals surface area contributed by atoms with Crippen LogP contribution in [-0.4, -0.2) is 24.5 Å². The van der Waals surface area contributed by atoms with Crippen molar-refractivity contribution in [3.05, 3.63) is 95.6 Å². The minimum absolute atomic E-state index is 0.0406. The average Bonchev–Trinajstić information content (AvgIpc) is 2.82. The van der Waals surface area contributed by atoms with Crippen molar-refractivity contribution >= 4 is 11.9 Å². The number of carbonyl (C=O) groups excluding carboxylic acids is 2. The standard InChI is InChI=1S/C26H24N2O3/c1-19(15-16-20-9-3-2-4-10-20)28-25(29)18-31-26(30)24-14-8-7-13-23(24)22-12-6-5-11-21(22)17-27/h2-14,19H,15-16,18H2,1H3,(H,28,29)/t19-/m0/s1. The molecule has 0 spiro atoms. The second-order valence-corrected chi connectivity index (χ2v) is 7.27. The molecule has 0 saturated heterocycles. The number of rotatable bonds is 8. The predicted molar refractivity (Wildman–Crippen MR) is 119 cm³/mol. The summed E-state index contributed by atoms with van der Waals surface area (Å²) in [6, 6.07) is 26.1. The largest absolute Gasteiger partial charge is 0.452 e. The van der Waals surface area contributed by atoms with E-state index in [0.29, 0.717) is 22.3 Å². The van der Waals surface area contributed by atoms with Gasteiger partial charge >= 0.3 is 5.97 Å². The quantitative estimate of drug-likeness (QED) is 0.552. The van der Waals surface area contributed by atoms with Gasteiger partial charge in [-0.3, -0.25) is 4.79 Å². The van der Waals surface area contributed by atoms with Crippen LogP contribution in [0, 0.1) is 11.3 Å². The summed E-state index contributed by atoms with van der Waals surface area (Å²) in [6.07, 6.45) is 1.64. The van der Waals surface area contributed by atoms with Gasteiger partial charge in [0, 0.05) is 11.6 Å². The van der Waals surface area contributed by atoms with E-state index in [1.165, 1.54) is 5.56 Å². The fraction of sp³-hybridized carbons (Fsp3) is 0.192. The first-order valence-corrected chi connectivity index (χ1v) is 10.2. The van der Waals surface area contributed by atoms with Gasteiger partial charge in [0.05, 0.1) is 17.2 Å². The van der Waals surface area contributed by atoms with E-state index in [1.807, 2.05) is 31.2 Å². The molecule has 31 heavy (non-hydrogen) atoms. The Morgan fingerprint density at radius 2 is 1.58 bits per heavy atom. The zero-order valence-corrected chi connectivity index (χ0v) is 17.4. The highest BCUT2D eigenvalue weighted by molar-refractivity contribution is 5.98. The number of nitrogens with zero attached hydrogens (tertiary/aromatic N) is 1. The molecule has 0 aliphatic heterocycles. The monoisotopic (exact) mass is 412 g/mol. The van der Waals surface area contributed by atoms with E-state index in [0.717, 1.165) is 12.8 Å². The summed E-state index contributed by atoms with van der Waals surface area (Å²) in [5.41, 5.74) is 3.24. The maximum atomic E-state index is 12.7. The lowest BCUT2D eigenvalue weighted by Crippen LogP contribution is -2.36. The van der Waals surface area contributed by atoms with Crippen LogP contribution in [0.4, 0.5) is 0 Å². The van der Waals surface area contributed by atoms with Gasteiger partial charge in [-0.15, -0.1) is 0 Å². The fourth-order valence-corrected chi connectivity index (χ4v) is 3.34. The Balaban J connectivity index is 1.57. The van der Waals surface area contributed by atoms with Gasteiger partial charge in [0.25, 0.3) is 5.91 Å². The van der Waals surface area contributed by atoms with Crippen molar-refractivity contribution in [1.29, 1.82) is 5.26 Å². The molecule has 1 atom stereocenters. The molecule has 1 N–H and O–H groups in total. The van der Waals surface area contributed by atoms with E-state index in [4.69, 9.17) is 4.74 Å². The highest BCUT2D eigenvalue weighted by Crippen LogP contribution is 2.27. The Bertz CT molecular complexity index is 1090. The number of benzene rings is 3. The van der Waals surface area contributed by atoms with Crippen LogP contribution in [0.5, 0.6) is 0 Å². The van der Waals surface area contributed by atoms with Crippen LogP contribution in [-0.2, 0) is 16.0 Å². The molecule has 0 aromatic heterocycles. The summed E-state index contributed by atoms with van der Waals surface area (Å²) < 4.78 is 5.26. The molecule has 0 bridgehead atoms. The number of amides is 1. The van der Waals surface area contributed by atoms with Gasteiger partial charge in [-0.2, -0.15) is 5.26 Å². The Kier molecular flexibility index (Phi) is 7.56. The molecular weight excluding hydrogens is 388 g/mol. The maximum Gasteiger partial charge on any atom is 0.339 e. The third kappa shape index (κ3) is 6.03.